The van der Waals surface area contributed by atoms with Gasteiger partial charge in [0.2, 0.25) is 5.88 Å². The predicted octanol–water partition coefficient (Wildman–Crippen LogP) is 3.13. The largest absolute Gasteiger partial charge is 0.437 e. The SMILES string of the molecule is O=[N+]([O-])c1ccc(Oc2cc(Cl)nc3ncnn23)c(Cl)c1. The van der Waals surface area contributed by atoms with Gasteiger partial charge in [0.25, 0.3) is 11.5 Å². The first-order chi connectivity index (χ1) is 10.0. The number of nitrogens with zero attached hydrogens (tertiary/aromatic N) is 5. The smallest absolute Gasteiger partial charge is 0.271 e. The van der Waals surface area contributed by atoms with Crippen molar-refractivity contribution < 1.29 is 9.66 Å². The number of ether oxygens (including phenoxy) is 1. The molecule has 0 spiro atoms. The summed E-state index contributed by atoms with van der Waals surface area (Å²) in [6.07, 6.45) is 1.29. The molecule has 0 aliphatic rings. The molecule has 21 heavy (non-hydrogen) atoms. The van der Waals surface area contributed by atoms with Gasteiger partial charge in [0, 0.05) is 18.2 Å². The van der Waals surface area contributed by atoms with Crippen LogP contribution in [0.2, 0.25) is 10.2 Å². The van der Waals surface area contributed by atoms with Gasteiger partial charge in [0.1, 0.15) is 17.2 Å². The molecule has 0 N–H and O–H groups in total. The van der Waals surface area contributed by atoms with Crippen molar-refractivity contribution in [1.82, 2.24) is 19.6 Å². The van der Waals surface area contributed by atoms with Crippen molar-refractivity contribution in [2.24, 2.45) is 0 Å². The summed E-state index contributed by atoms with van der Waals surface area (Å²) in [5.74, 6) is 0.718. The van der Waals surface area contributed by atoms with E-state index >= 15 is 0 Å². The highest BCUT2D eigenvalue weighted by atomic mass is 35.5. The van der Waals surface area contributed by atoms with Crippen molar-refractivity contribution >= 4 is 34.7 Å². The number of benzene rings is 1. The van der Waals surface area contributed by atoms with Crippen molar-refractivity contribution in [1.29, 1.82) is 0 Å². The van der Waals surface area contributed by atoms with Crippen LogP contribution in [-0.4, -0.2) is 24.5 Å². The van der Waals surface area contributed by atoms with Gasteiger partial charge < -0.3 is 4.74 Å². The highest BCUT2D eigenvalue weighted by Gasteiger charge is 2.14. The molecule has 0 aliphatic heterocycles. The molecule has 0 aliphatic carbocycles. The van der Waals surface area contributed by atoms with Gasteiger partial charge in [0.05, 0.1) is 9.95 Å². The van der Waals surface area contributed by atoms with E-state index in [0.29, 0.717) is 0 Å². The molecule has 10 heteroatoms. The van der Waals surface area contributed by atoms with E-state index in [0.717, 1.165) is 0 Å². The van der Waals surface area contributed by atoms with Gasteiger partial charge in [-0.2, -0.15) is 19.6 Å². The van der Waals surface area contributed by atoms with Gasteiger partial charge in [-0.1, -0.05) is 23.2 Å². The third-order valence-corrected chi connectivity index (χ3v) is 3.02. The molecular formula is C11H5Cl2N5O3. The minimum absolute atomic E-state index is 0.0883. The third kappa shape index (κ3) is 2.58. The maximum atomic E-state index is 10.7. The van der Waals surface area contributed by atoms with Gasteiger partial charge in [-0.15, -0.1) is 0 Å². The van der Waals surface area contributed by atoms with E-state index in [1.165, 1.54) is 35.1 Å². The Morgan fingerprint density at radius 2 is 2.10 bits per heavy atom. The van der Waals surface area contributed by atoms with Crippen LogP contribution in [0.25, 0.3) is 5.78 Å². The van der Waals surface area contributed by atoms with Gasteiger partial charge >= 0.3 is 0 Å². The quantitative estimate of drug-likeness (QED) is 0.417. The molecule has 0 unspecified atom stereocenters. The normalized spacial score (nSPS) is 10.8. The monoisotopic (exact) mass is 325 g/mol. The minimum atomic E-state index is -0.547. The summed E-state index contributed by atoms with van der Waals surface area (Å²) in [6.45, 7) is 0. The molecule has 0 radical (unpaired) electrons. The zero-order valence-electron chi connectivity index (χ0n) is 10.1. The maximum absolute atomic E-state index is 10.7. The highest BCUT2D eigenvalue weighted by molar-refractivity contribution is 6.32. The Hall–Kier alpha value is -2.45. The maximum Gasteiger partial charge on any atom is 0.271 e. The van der Waals surface area contributed by atoms with E-state index in [2.05, 4.69) is 15.1 Å². The standard InChI is InChI=1S/C11H5Cl2N5O3/c12-7-3-6(18(19)20)1-2-8(7)21-10-4-9(13)16-11-14-5-15-17(10)11/h1-5H. The van der Waals surface area contributed by atoms with E-state index in [9.17, 15) is 10.1 Å². The number of aromatic nitrogens is 4. The number of nitro groups is 1. The van der Waals surface area contributed by atoms with Crippen LogP contribution < -0.4 is 4.74 Å². The van der Waals surface area contributed by atoms with E-state index in [1.807, 2.05) is 0 Å². The first-order valence-corrected chi connectivity index (χ1v) is 6.28. The van der Waals surface area contributed by atoms with Crippen molar-refractivity contribution in [3.8, 4) is 11.6 Å². The molecule has 0 saturated heterocycles. The molecule has 0 amide bonds. The van der Waals surface area contributed by atoms with E-state index < -0.39 is 4.92 Å². The zero-order chi connectivity index (χ0) is 15.0. The third-order valence-electron chi connectivity index (χ3n) is 2.53. The lowest BCUT2D eigenvalue weighted by Crippen LogP contribution is -1.98. The van der Waals surface area contributed by atoms with Crippen LogP contribution in [0.15, 0.2) is 30.6 Å². The highest BCUT2D eigenvalue weighted by Crippen LogP contribution is 2.32. The van der Waals surface area contributed by atoms with Crippen LogP contribution in [0.4, 0.5) is 5.69 Å². The summed E-state index contributed by atoms with van der Waals surface area (Å²) in [5, 5.41) is 14.9. The first-order valence-electron chi connectivity index (χ1n) is 5.52. The topological polar surface area (TPSA) is 95.5 Å². The second-order valence-electron chi connectivity index (χ2n) is 3.86. The van der Waals surface area contributed by atoms with Crippen LogP contribution in [-0.2, 0) is 0 Å². The molecule has 0 saturated carbocycles. The molecule has 106 valence electrons. The van der Waals surface area contributed by atoms with E-state index in [1.54, 1.807) is 0 Å². The van der Waals surface area contributed by atoms with Crippen molar-refractivity contribution in [2.75, 3.05) is 0 Å². The van der Waals surface area contributed by atoms with Crippen LogP contribution in [0.3, 0.4) is 0 Å². The average molecular weight is 326 g/mol. The fourth-order valence-corrected chi connectivity index (χ4v) is 2.01. The average Bonchev–Trinajstić information content (AvgIpc) is 2.88. The van der Waals surface area contributed by atoms with Gasteiger partial charge in [-0.25, -0.2) is 0 Å². The number of halogens is 2. The van der Waals surface area contributed by atoms with Gasteiger partial charge in [-0.3, -0.25) is 10.1 Å². The van der Waals surface area contributed by atoms with Gasteiger partial charge in [-0.05, 0) is 6.07 Å². The molecule has 2 heterocycles. The Kier molecular flexibility index (Phi) is 3.32. The molecular weight excluding hydrogens is 321 g/mol. The molecule has 8 nitrogen and oxygen atoms in total. The number of non-ortho nitro benzene ring substituents is 1. The minimum Gasteiger partial charge on any atom is -0.437 e. The molecule has 0 fully saturated rings. The molecule has 3 rings (SSSR count). The predicted molar refractivity (Wildman–Crippen MR) is 74.0 cm³/mol. The van der Waals surface area contributed by atoms with Crippen LogP contribution in [0, 0.1) is 10.1 Å². The molecule has 2 aromatic heterocycles. The summed E-state index contributed by atoms with van der Waals surface area (Å²) < 4.78 is 6.90. The summed E-state index contributed by atoms with van der Waals surface area (Å²) in [6, 6.07) is 5.29. The Bertz CT molecular complexity index is 851. The van der Waals surface area contributed by atoms with Crippen LogP contribution in [0.5, 0.6) is 11.6 Å². The van der Waals surface area contributed by atoms with Crippen LogP contribution in [0.1, 0.15) is 0 Å². The summed E-state index contributed by atoms with van der Waals surface area (Å²) in [7, 11) is 0. The molecule has 0 bridgehead atoms. The fourth-order valence-electron chi connectivity index (χ4n) is 1.63. The Labute approximate surface area is 127 Å². The number of rotatable bonds is 3. The summed E-state index contributed by atoms with van der Waals surface area (Å²) >= 11 is 11.8. The lowest BCUT2D eigenvalue weighted by atomic mass is 10.3. The summed E-state index contributed by atoms with van der Waals surface area (Å²) in [5.41, 5.74) is -0.133. The van der Waals surface area contributed by atoms with Crippen molar-refractivity contribution in [2.45, 2.75) is 0 Å². The van der Waals surface area contributed by atoms with Crippen molar-refractivity contribution in [3.05, 3.63) is 50.9 Å². The van der Waals surface area contributed by atoms with Crippen molar-refractivity contribution in [3.63, 3.8) is 0 Å². The lowest BCUT2D eigenvalue weighted by Gasteiger charge is -2.08. The molecule has 3 aromatic rings. The Morgan fingerprint density at radius 3 is 2.81 bits per heavy atom. The molecule has 1 aromatic carbocycles. The summed E-state index contributed by atoms with van der Waals surface area (Å²) in [4.78, 5) is 18.0. The number of fused-ring (bicyclic) bond motifs is 1. The first kappa shape index (κ1) is 13.5. The van der Waals surface area contributed by atoms with E-state index in [-0.39, 0.29) is 33.3 Å². The molecule has 0 atom stereocenters. The lowest BCUT2D eigenvalue weighted by molar-refractivity contribution is -0.384. The second-order valence-corrected chi connectivity index (χ2v) is 4.66. The number of hydrogen-bond acceptors (Lipinski definition) is 6. The van der Waals surface area contributed by atoms with E-state index in [4.69, 9.17) is 27.9 Å². The second kappa shape index (κ2) is 5.15. The Balaban J connectivity index is 2.02. The zero-order valence-corrected chi connectivity index (χ0v) is 11.6. The van der Waals surface area contributed by atoms with Gasteiger partial charge in [0.15, 0.2) is 0 Å². The fraction of sp³-hybridized carbons (Fsp3) is 0. The number of hydrogen-bond donors (Lipinski definition) is 0. The number of nitro benzene ring substituents is 1. The Morgan fingerprint density at radius 1 is 1.29 bits per heavy atom. The van der Waals surface area contributed by atoms with Crippen LogP contribution >= 0.6 is 23.2 Å².